The van der Waals surface area contributed by atoms with Gasteiger partial charge in [-0.05, 0) is 13.8 Å². The lowest BCUT2D eigenvalue weighted by Gasteiger charge is -2.10. The van der Waals surface area contributed by atoms with E-state index in [0.29, 0.717) is 12.6 Å². The molecule has 1 N–H and O–H groups in total. The monoisotopic (exact) mass is 194 g/mol. The van der Waals surface area contributed by atoms with Crippen molar-refractivity contribution < 1.29 is 4.79 Å². The number of amides is 2. The number of rotatable bonds is 2. The molecule has 1 saturated heterocycles. The Morgan fingerprint density at radius 3 is 2.86 bits per heavy atom. The van der Waals surface area contributed by atoms with Gasteiger partial charge in [-0.3, -0.25) is 9.58 Å². The van der Waals surface area contributed by atoms with Gasteiger partial charge in [0, 0.05) is 25.3 Å². The van der Waals surface area contributed by atoms with E-state index >= 15 is 0 Å². The molecule has 1 aliphatic heterocycles. The number of hydrogen-bond acceptors (Lipinski definition) is 2. The van der Waals surface area contributed by atoms with Crippen LogP contribution in [0.25, 0.3) is 0 Å². The molecule has 2 amide bonds. The molecule has 5 nitrogen and oxygen atoms in total. The van der Waals surface area contributed by atoms with Gasteiger partial charge >= 0.3 is 6.03 Å². The zero-order valence-corrected chi connectivity index (χ0v) is 8.40. The van der Waals surface area contributed by atoms with Crippen LogP contribution in [0.5, 0.6) is 0 Å². The summed E-state index contributed by atoms with van der Waals surface area (Å²) in [4.78, 5) is 13.0. The first kappa shape index (κ1) is 9.05. The van der Waals surface area contributed by atoms with Gasteiger partial charge < -0.3 is 5.32 Å². The van der Waals surface area contributed by atoms with E-state index in [1.807, 2.05) is 10.9 Å². The van der Waals surface area contributed by atoms with Gasteiger partial charge in [-0.1, -0.05) is 0 Å². The fraction of sp³-hybridized carbons (Fsp3) is 0.556. The van der Waals surface area contributed by atoms with Gasteiger partial charge in [0.25, 0.3) is 0 Å². The molecule has 0 bridgehead atoms. The third-order valence-electron chi connectivity index (χ3n) is 2.29. The van der Waals surface area contributed by atoms with Gasteiger partial charge in [-0.15, -0.1) is 0 Å². The fourth-order valence-corrected chi connectivity index (χ4v) is 1.47. The van der Waals surface area contributed by atoms with Gasteiger partial charge in [-0.25, -0.2) is 4.79 Å². The molecular formula is C9H14N4O. The molecule has 0 saturated carbocycles. The fourth-order valence-electron chi connectivity index (χ4n) is 1.47. The number of hydrogen-bond donors (Lipinski definition) is 1. The first-order valence-electron chi connectivity index (χ1n) is 4.78. The SMILES string of the molecule is CC(C)n1cc(N2CCNC2=O)cn1. The van der Waals surface area contributed by atoms with Gasteiger partial charge in [0.05, 0.1) is 11.9 Å². The Balaban J connectivity index is 2.20. The summed E-state index contributed by atoms with van der Waals surface area (Å²) in [5, 5.41) is 6.95. The average molecular weight is 194 g/mol. The van der Waals surface area contributed by atoms with Crippen molar-refractivity contribution in [1.29, 1.82) is 0 Å². The maximum atomic E-state index is 11.3. The molecule has 76 valence electrons. The highest BCUT2D eigenvalue weighted by Crippen LogP contribution is 2.16. The summed E-state index contributed by atoms with van der Waals surface area (Å²) in [6, 6.07) is 0.294. The van der Waals surface area contributed by atoms with Gasteiger partial charge in [0.1, 0.15) is 0 Å². The van der Waals surface area contributed by atoms with Crippen LogP contribution >= 0.6 is 0 Å². The molecule has 0 atom stereocenters. The minimum Gasteiger partial charge on any atom is -0.336 e. The van der Waals surface area contributed by atoms with E-state index in [1.165, 1.54) is 0 Å². The van der Waals surface area contributed by atoms with Crippen LogP contribution in [0.2, 0.25) is 0 Å². The number of carbonyl (C=O) groups excluding carboxylic acids is 1. The molecule has 14 heavy (non-hydrogen) atoms. The number of carbonyl (C=O) groups is 1. The van der Waals surface area contributed by atoms with E-state index in [9.17, 15) is 4.79 Å². The van der Waals surface area contributed by atoms with Crippen molar-refractivity contribution in [3.05, 3.63) is 12.4 Å². The first-order chi connectivity index (χ1) is 6.68. The topological polar surface area (TPSA) is 50.2 Å². The number of nitrogens with zero attached hydrogens (tertiary/aromatic N) is 3. The van der Waals surface area contributed by atoms with Crippen molar-refractivity contribution in [3.8, 4) is 0 Å². The summed E-state index contributed by atoms with van der Waals surface area (Å²) < 4.78 is 1.85. The molecule has 0 aromatic carbocycles. The Hall–Kier alpha value is -1.52. The Labute approximate surface area is 82.7 Å². The first-order valence-corrected chi connectivity index (χ1v) is 4.78. The van der Waals surface area contributed by atoms with Crippen LogP contribution in [0.4, 0.5) is 10.5 Å². The second-order valence-corrected chi connectivity index (χ2v) is 3.66. The third kappa shape index (κ3) is 1.45. The minimum atomic E-state index is -0.0340. The maximum absolute atomic E-state index is 11.3. The normalized spacial score (nSPS) is 16.5. The van der Waals surface area contributed by atoms with Gasteiger partial charge in [-0.2, -0.15) is 5.10 Å². The predicted molar refractivity (Wildman–Crippen MR) is 53.4 cm³/mol. The van der Waals surface area contributed by atoms with Crippen LogP contribution in [0.3, 0.4) is 0 Å². The van der Waals surface area contributed by atoms with Crippen LogP contribution < -0.4 is 10.2 Å². The molecule has 0 spiro atoms. The van der Waals surface area contributed by atoms with Crippen molar-refractivity contribution in [2.45, 2.75) is 19.9 Å². The summed E-state index contributed by atoms with van der Waals surface area (Å²) >= 11 is 0. The van der Waals surface area contributed by atoms with Crippen LogP contribution in [-0.2, 0) is 0 Å². The van der Waals surface area contributed by atoms with E-state index < -0.39 is 0 Å². The third-order valence-corrected chi connectivity index (χ3v) is 2.29. The van der Waals surface area contributed by atoms with E-state index in [-0.39, 0.29) is 6.03 Å². The lowest BCUT2D eigenvalue weighted by molar-refractivity contribution is 0.252. The standard InChI is InChI=1S/C9H14N4O/c1-7(2)13-6-8(5-11-13)12-4-3-10-9(12)14/h5-7H,3-4H2,1-2H3,(H,10,14). The Bertz CT molecular complexity index is 344. The largest absolute Gasteiger partial charge is 0.336 e. The zero-order valence-electron chi connectivity index (χ0n) is 8.40. The van der Waals surface area contributed by atoms with Gasteiger partial charge in [0.15, 0.2) is 0 Å². The Morgan fingerprint density at radius 2 is 2.36 bits per heavy atom. The molecule has 2 rings (SSSR count). The summed E-state index contributed by atoms with van der Waals surface area (Å²) in [6.45, 7) is 5.55. The zero-order chi connectivity index (χ0) is 10.1. The lowest BCUT2D eigenvalue weighted by Crippen LogP contribution is -2.27. The lowest BCUT2D eigenvalue weighted by atomic mass is 10.4. The van der Waals surface area contributed by atoms with Crippen molar-refractivity contribution in [3.63, 3.8) is 0 Å². The van der Waals surface area contributed by atoms with Crippen LogP contribution in [0.15, 0.2) is 12.4 Å². The summed E-state index contributed by atoms with van der Waals surface area (Å²) in [6.07, 6.45) is 3.63. The molecule has 0 radical (unpaired) electrons. The molecular weight excluding hydrogens is 180 g/mol. The maximum Gasteiger partial charge on any atom is 0.322 e. The van der Waals surface area contributed by atoms with Crippen molar-refractivity contribution in [2.75, 3.05) is 18.0 Å². The second kappa shape index (κ2) is 3.32. The number of anilines is 1. The number of nitrogens with one attached hydrogen (secondary N) is 1. The number of aromatic nitrogens is 2. The molecule has 0 aliphatic carbocycles. The molecule has 2 heterocycles. The van der Waals surface area contributed by atoms with E-state index in [0.717, 1.165) is 12.2 Å². The molecule has 1 fully saturated rings. The van der Waals surface area contributed by atoms with Crippen molar-refractivity contribution in [1.82, 2.24) is 15.1 Å². The second-order valence-electron chi connectivity index (χ2n) is 3.66. The highest BCUT2D eigenvalue weighted by atomic mass is 16.2. The summed E-state index contributed by atoms with van der Waals surface area (Å²) in [7, 11) is 0. The molecule has 0 unspecified atom stereocenters. The minimum absolute atomic E-state index is 0.0340. The molecule has 5 heteroatoms. The quantitative estimate of drug-likeness (QED) is 0.763. The average Bonchev–Trinajstić information content (AvgIpc) is 2.71. The van der Waals surface area contributed by atoms with Crippen molar-refractivity contribution >= 4 is 11.7 Å². The van der Waals surface area contributed by atoms with Crippen molar-refractivity contribution in [2.24, 2.45) is 0 Å². The van der Waals surface area contributed by atoms with E-state index in [1.54, 1.807) is 11.1 Å². The Morgan fingerprint density at radius 1 is 1.57 bits per heavy atom. The van der Waals surface area contributed by atoms with Crippen LogP contribution in [0, 0.1) is 0 Å². The van der Waals surface area contributed by atoms with E-state index in [2.05, 4.69) is 24.3 Å². The van der Waals surface area contributed by atoms with Crippen LogP contribution in [-0.4, -0.2) is 28.9 Å². The summed E-state index contributed by atoms with van der Waals surface area (Å²) in [5.41, 5.74) is 0.869. The molecule has 1 aromatic rings. The molecule has 1 aromatic heterocycles. The predicted octanol–water partition coefficient (Wildman–Crippen LogP) is 0.994. The highest BCUT2D eigenvalue weighted by molar-refractivity contribution is 5.93. The van der Waals surface area contributed by atoms with E-state index in [4.69, 9.17) is 0 Å². The smallest absolute Gasteiger partial charge is 0.322 e. The van der Waals surface area contributed by atoms with Gasteiger partial charge in [0.2, 0.25) is 0 Å². The Kier molecular flexibility index (Phi) is 2.15. The summed E-state index contributed by atoms with van der Waals surface area (Å²) in [5.74, 6) is 0. The highest BCUT2D eigenvalue weighted by Gasteiger charge is 2.22. The van der Waals surface area contributed by atoms with Crippen LogP contribution in [0.1, 0.15) is 19.9 Å². The molecule has 1 aliphatic rings. The number of urea groups is 1.